The van der Waals surface area contributed by atoms with Crippen molar-refractivity contribution in [2.24, 2.45) is 4.99 Å². The van der Waals surface area contributed by atoms with Crippen LogP contribution in [-0.2, 0) is 5.54 Å². The minimum absolute atomic E-state index is 0.136. The zero-order chi connectivity index (χ0) is 17.8. The van der Waals surface area contributed by atoms with Gasteiger partial charge < -0.3 is 5.32 Å². The molecule has 0 bridgehead atoms. The van der Waals surface area contributed by atoms with E-state index in [2.05, 4.69) is 44.3 Å². The van der Waals surface area contributed by atoms with Crippen molar-refractivity contribution in [1.29, 1.82) is 0 Å². The number of nitrogens with one attached hydrogen (secondary N) is 1. The first-order chi connectivity index (χ1) is 11.8. The number of anilines is 1. The number of rotatable bonds is 1. The van der Waals surface area contributed by atoms with Gasteiger partial charge in [-0.25, -0.2) is 4.99 Å². The summed E-state index contributed by atoms with van der Waals surface area (Å²) in [5.74, 6) is 0. The van der Waals surface area contributed by atoms with E-state index < -0.39 is 0 Å². The van der Waals surface area contributed by atoms with Gasteiger partial charge in [0.2, 0.25) is 0 Å². The number of hydrogen-bond acceptors (Lipinski definition) is 4. The number of halogens is 2. The molecule has 0 spiro atoms. The van der Waals surface area contributed by atoms with E-state index in [4.69, 9.17) is 28.2 Å². The van der Waals surface area contributed by atoms with Gasteiger partial charge in [-0.15, -0.1) is 0 Å². The van der Waals surface area contributed by atoms with Crippen LogP contribution in [0.3, 0.4) is 0 Å². The molecule has 0 radical (unpaired) electrons. The van der Waals surface area contributed by atoms with Gasteiger partial charge in [-0.05, 0) is 50.6 Å². The quantitative estimate of drug-likeness (QED) is 0.432. The van der Waals surface area contributed by atoms with E-state index in [1.54, 1.807) is 32.8 Å². The van der Waals surface area contributed by atoms with Gasteiger partial charge in [-0.3, -0.25) is 0 Å². The molecule has 1 aromatic heterocycles. The zero-order valence-corrected chi connectivity index (χ0v) is 17.1. The highest BCUT2D eigenvalue weighted by Crippen LogP contribution is 2.45. The summed E-state index contributed by atoms with van der Waals surface area (Å²) in [6, 6.07) is 11.9. The second kappa shape index (κ2) is 6.13. The van der Waals surface area contributed by atoms with Crippen LogP contribution in [0.2, 0.25) is 10.0 Å². The highest BCUT2D eigenvalue weighted by Gasteiger charge is 2.33. The van der Waals surface area contributed by atoms with Crippen molar-refractivity contribution in [1.82, 2.24) is 0 Å². The van der Waals surface area contributed by atoms with Gasteiger partial charge in [0, 0.05) is 21.8 Å². The lowest BCUT2D eigenvalue weighted by Crippen LogP contribution is -2.31. The SMILES string of the molecule is Cc1ccc2c(c1)NC(C)(C)c1ssc(=Nc3cc(Cl)ccc3Cl)c1-2. The normalized spacial score (nSPS) is 15.5. The van der Waals surface area contributed by atoms with Crippen LogP contribution in [0.4, 0.5) is 11.4 Å². The van der Waals surface area contributed by atoms with E-state index in [1.165, 1.54) is 21.6 Å². The lowest BCUT2D eigenvalue weighted by atomic mass is 9.89. The second-order valence-corrected chi connectivity index (χ2v) is 9.65. The molecule has 0 saturated carbocycles. The van der Waals surface area contributed by atoms with Crippen LogP contribution in [0.15, 0.2) is 41.4 Å². The Morgan fingerprint density at radius 1 is 1.04 bits per heavy atom. The third-order valence-electron chi connectivity index (χ3n) is 4.23. The van der Waals surface area contributed by atoms with E-state index in [0.717, 1.165) is 10.4 Å². The number of benzene rings is 2. The lowest BCUT2D eigenvalue weighted by molar-refractivity contribution is 0.619. The molecule has 2 aromatic carbocycles. The van der Waals surface area contributed by atoms with Crippen molar-refractivity contribution < 1.29 is 0 Å². The Balaban J connectivity index is 2.00. The van der Waals surface area contributed by atoms with E-state index in [-0.39, 0.29) is 5.54 Å². The summed E-state index contributed by atoms with van der Waals surface area (Å²) in [6.45, 7) is 6.52. The number of hydrogen-bond donors (Lipinski definition) is 1. The summed E-state index contributed by atoms with van der Waals surface area (Å²) in [4.78, 5) is 6.14. The van der Waals surface area contributed by atoms with Gasteiger partial charge in [-0.2, -0.15) is 0 Å². The molecular formula is C19H16Cl2N2S2. The van der Waals surface area contributed by atoms with Crippen molar-refractivity contribution in [3.05, 3.63) is 61.6 Å². The second-order valence-electron chi connectivity index (χ2n) is 6.68. The average Bonchev–Trinajstić information content (AvgIpc) is 2.95. The molecular weight excluding hydrogens is 391 g/mol. The highest BCUT2D eigenvalue weighted by atomic mass is 35.5. The van der Waals surface area contributed by atoms with Crippen LogP contribution in [0.1, 0.15) is 24.3 Å². The average molecular weight is 407 g/mol. The minimum atomic E-state index is -0.136. The van der Waals surface area contributed by atoms with E-state index in [1.807, 2.05) is 6.07 Å². The molecule has 6 heteroatoms. The van der Waals surface area contributed by atoms with Crippen molar-refractivity contribution in [3.8, 4) is 11.1 Å². The Kier molecular flexibility index (Phi) is 4.19. The van der Waals surface area contributed by atoms with E-state index >= 15 is 0 Å². The van der Waals surface area contributed by atoms with Crippen LogP contribution in [-0.4, -0.2) is 0 Å². The Morgan fingerprint density at radius 3 is 2.64 bits per heavy atom. The molecule has 1 aliphatic rings. The summed E-state index contributed by atoms with van der Waals surface area (Å²) < 4.78 is 0.976. The van der Waals surface area contributed by atoms with Gasteiger partial charge in [0.15, 0.2) is 0 Å². The number of nitrogens with zero attached hydrogens (tertiary/aromatic N) is 1. The number of aryl methyl sites for hydroxylation is 1. The van der Waals surface area contributed by atoms with Crippen LogP contribution >= 0.6 is 43.9 Å². The minimum Gasteiger partial charge on any atom is -0.375 e. The number of fused-ring (bicyclic) bond motifs is 3. The third-order valence-corrected chi connectivity index (χ3v) is 7.43. The zero-order valence-electron chi connectivity index (χ0n) is 14.0. The van der Waals surface area contributed by atoms with Crippen molar-refractivity contribution in [3.63, 3.8) is 0 Å². The molecule has 0 atom stereocenters. The summed E-state index contributed by atoms with van der Waals surface area (Å²) in [7, 11) is 3.44. The van der Waals surface area contributed by atoms with Crippen LogP contribution < -0.4 is 9.99 Å². The van der Waals surface area contributed by atoms with Crippen molar-refractivity contribution >= 4 is 55.3 Å². The molecule has 0 amide bonds. The lowest BCUT2D eigenvalue weighted by Gasteiger charge is -2.33. The molecule has 0 aliphatic carbocycles. The molecule has 1 aliphatic heterocycles. The summed E-state index contributed by atoms with van der Waals surface area (Å²) >= 11 is 12.4. The topological polar surface area (TPSA) is 24.4 Å². The Hall–Kier alpha value is -1.33. The first-order valence-electron chi connectivity index (χ1n) is 7.88. The Morgan fingerprint density at radius 2 is 1.84 bits per heavy atom. The van der Waals surface area contributed by atoms with Crippen LogP contribution in [0.25, 0.3) is 11.1 Å². The molecule has 128 valence electrons. The van der Waals surface area contributed by atoms with Crippen LogP contribution in [0.5, 0.6) is 0 Å². The molecule has 1 N–H and O–H groups in total. The maximum absolute atomic E-state index is 6.32. The summed E-state index contributed by atoms with van der Waals surface area (Å²) in [5.41, 5.74) is 5.34. The largest absolute Gasteiger partial charge is 0.375 e. The Bertz CT molecular complexity index is 1050. The molecule has 2 heterocycles. The molecule has 4 rings (SSSR count). The van der Waals surface area contributed by atoms with E-state index in [0.29, 0.717) is 15.7 Å². The summed E-state index contributed by atoms with van der Waals surface area (Å²) in [6.07, 6.45) is 0. The van der Waals surface area contributed by atoms with Gasteiger partial charge >= 0.3 is 0 Å². The van der Waals surface area contributed by atoms with Crippen molar-refractivity contribution in [2.45, 2.75) is 26.3 Å². The van der Waals surface area contributed by atoms with Crippen LogP contribution in [0, 0.1) is 6.92 Å². The molecule has 0 unspecified atom stereocenters. The monoisotopic (exact) mass is 406 g/mol. The predicted octanol–water partition coefficient (Wildman–Crippen LogP) is 6.98. The van der Waals surface area contributed by atoms with Gasteiger partial charge in [0.1, 0.15) is 4.67 Å². The van der Waals surface area contributed by atoms with Gasteiger partial charge in [-0.1, -0.05) is 56.0 Å². The maximum Gasteiger partial charge on any atom is 0.135 e. The predicted molar refractivity (Wildman–Crippen MR) is 111 cm³/mol. The maximum atomic E-state index is 6.32. The highest BCUT2D eigenvalue weighted by molar-refractivity contribution is 7.68. The fourth-order valence-corrected chi connectivity index (χ4v) is 6.30. The molecule has 0 saturated heterocycles. The first-order valence-corrected chi connectivity index (χ1v) is 10.8. The van der Waals surface area contributed by atoms with Gasteiger partial charge in [0.25, 0.3) is 0 Å². The fourth-order valence-electron chi connectivity index (χ4n) is 3.04. The van der Waals surface area contributed by atoms with Gasteiger partial charge in [0.05, 0.1) is 21.1 Å². The molecule has 0 fully saturated rings. The smallest absolute Gasteiger partial charge is 0.135 e. The van der Waals surface area contributed by atoms with E-state index in [9.17, 15) is 0 Å². The van der Waals surface area contributed by atoms with Crippen molar-refractivity contribution in [2.75, 3.05) is 5.32 Å². The first kappa shape index (κ1) is 17.1. The molecule has 25 heavy (non-hydrogen) atoms. The molecule has 3 aromatic rings. The Labute approximate surface area is 164 Å². The molecule has 2 nitrogen and oxygen atoms in total. The fraction of sp³-hybridized carbons (Fsp3) is 0.211. The third kappa shape index (κ3) is 3.02. The standard InChI is InChI=1S/C19H16Cl2N2S2/c1-10-4-6-12-14(8-10)23-19(2,3)17-16(12)18(25-24-17)22-15-9-11(20)5-7-13(15)21/h4-9,23H,1-3H3. The summed E-state index contributed by atoms with van der Waals surface area (Å²) in [5, 5.41) is 4.90.